The normalized spacial score (nSPS) is 11.5. The Balaban J connectivity index is 2.36. The SMILES string of the molecule is COCCCNC(=O)/C(C)=C/c1cccs1. The molecule has 0 saturated carbocycles. The predicted molar refractivity (Wildman–Crippen MR) is 67.5 cm³/mol. The summed E-state index contributed by atoms with van der Waals surface area (Å²) < 4.78 is 4.91. The maximum atomic E-state index is 11.6. The third-order valence-corrected chi connectivity index (χ3v) is 2.89. The lowest BCUT2D eigenvalue weighted by molar-refractivity contribution is -0.117. The second-order valence-electron chi connectivity index (χ2n) is 3.45. The van der Waals surface area contributed by atoms with Gasteiger partial charge in [0.2, 0.25) is 5.91 Å². The fourth-order valence-corrected chi connectivity index (χ4v) is 1.93. The Morgan fingerprint density at radius 1 is 1.62 bits per heavy atom. The molecule has 0 fully saturated rings. The van der Waals surface area contributed by atoms with Crippen molar-refractivity contribution >= 4 is 23.3 Å². The van der Waals surface area contributed by atoms with Crippen LogP contribution in [-0.4, -0.2) is 26.2 Å². The van der Waals surface area contributed by atoms with E-state index in [1.807, 2.05) is 30.5 Å². The topological polar surface area (TPSA) is 38.3 Å². The van der Waals surface area contributed by atoms with Gasteiger partial charge in [-0.15, -0.1) is 11.3 Å². The first kappa shape index (κ1) is 12.9. The van der Waals surface area contributed by atoms with Crippen molar-refractivity contribution in [2.24, 2.45) is 0 Å². The van der Waals surface area contributed by atoms with E-state index in [0.29, 0.717) is 13.2 Å². The average Bonchev–Trinajstić information content (AvgIpc) is 2.76. The summed E-state index contributed by atoms with van der Waals surface area (Å²) in [6.07, 6.45) is 2.74. The van der Waals surface area contributed by atoms with E-state index in [4.69, 9.17) is 4.74 Å². The summed E-state index contributed by atoms with van der Waals surface area (Å²) in [4.78, 5) is 12.7. The molecule has 0 aliphatic carbocycles. The quantitative estimate of drug-likeness (QED) is 0.611. The lowest BCUT2D eigenvalue weighted by Gasteiger charge is -2.04. The third kappa shape index (κ3) is 4.59. The smallest absolute Gasteiger partial charge is 0.246 e. The molecule has 1 aromatic rings. The number of thiophene rings is 1. The molecule has 0 aromatic carbocycles. The van der Waals surface area contributed by atoms with Crippen LogP contribution in [0.5, 0.6) is 0 Å². The maximum Gasteiger partial charge on any atom is 0.246 e. The minimum absolute atomic E-state index is 0.00972. The molecule has 0 radical (unpaired) electrons. The van der Waals surface area contributed by atoms with Crippen molar-refractivity contribution in [3.63, 3.8) is 0 Å². The van der Waals surface area contributed by atoms with E-state index in [-0.39, 0.29) is 5.91 Å². The van der Waals surface area contributed by atoms with Crippen LogP contribution >= 0.6 is 11.3 Å². The Kier molecular flexibility index (Phi) is 5.82. The van der Waals surface area contributed by atoms with Crippen LogP contribution < -0.4 is 5.32 Å². The van der Waals surface area contributed by atoms with Gasteiger partial charge in [-0.2, -0.15) is 0 Å². The highest BCUT2D eigenvalue weighted by Gasteiger charge is 2.03. The van der Waals surface area contributed by atoms with Gasteiger partial charge in [0.25, 0.3) is 0 Å². The minimum Gasteiger partial charge on any atom is -0.385 e. The molecule has 0 spiro atoms. The van der Waals surface area contributed by atoms with Gasteiger partial charge < -0.3 is 10.1 Å². The molecule has 4 heteroatoms. The molecule has 0 aliphatic rings. The van der Waals surface area contributed by atoms with Crippen molar-refractivity contribution in [3.8, 4) is 0 Å². The van der Waals surface area contributed by atoms with Crippen molar-refractivity contribution in [3.05, 3.63) is 28.0 Å². The van der Waals surface area contributed by atoms with Gasteiger partial charge in [-0.1, -0.05) is 6.07 Å². The molecular formula is C12H17NO2S. The Labute approximate surface area is 100 Å². The summed E-state index contributed by atoms with van der Waals surface area (Å²) >= 11 is 1.62. The van der Waals surface area contributed by atoms with Crippen molar-refractivity contribution < 1.29 is 9.53 Å². The fourth-order valence-electron chi connectivity index (χ4n) is 1.21. The summed E-state index contributed by atoms with van der Waals surface area (Å²) in [5.41, 5.74) is 0.736. The molecule has 0 unspecified atom stereocenters. The molecule has 0 aliphatic heterocycles. The highest BCUT2D eigenvalue weighted by molar-refractivity contribution is 7.10. The average molecular weight is 239 g/mol. The van der Waals surface area contributed by atoms with E-state index in [2.05, 4.69) is 5.32 Å². The number of ether oxygens (including phenoxy) is 1. The van der Waals surface area contributed by atoms with Crippen molar-refractivity contribution in [1.82, 2.24) is 5.32 Å². The first-order valence-electron chi connectivity index (χ1n) is 5.23. The number of nitrogens with one attached hydrogen (secondary N) is 1. The molecule has 0 atom stereocenters. The van der Waals surface area contributed by atoms with Gasteiger partial charge >= 0.3 is 0 Å². The lowest BCUT2D eigenvalue weighted by atomic mass is 10.2. The van der Waals surface area contributed by atoms with Crippen LogP contribution in [0.15, 0.2) is 23.1 Å². The Morgan fingerprint density at radius 2 is 2.44 bits per heavy atom. The van der Waals surface area contributed by atoms with Gasteiger partial charge in [-0.25, -0.2) is 0 Å². The lowest BCUT2D eigenvalue weighted by Crippen LogP contribution is -2.25. The zero-order valence-electron chi connectivity index (χ0n) is 9.66. The van der Waals surface area contributed by atoms with E-state index in [1.54, 1.807) is 18.4 Å². The number of methoxy groups -OCH3 is 1. The fraction of sp³-hybridized carbons (Fsp3) is 0.417. The molecule has 1 aromatic heterocycles. The Bertz CT molecular complexity index is 344. The van der Waals surface area contributed by atoms with E-state index in [0.717, 1.165) is 16.9 Å². The monoisotopic (exact) mass is 239 g/mol. The molecule has 1 rings (SSSR count). The maximum absolute atomic E-state index is 11.6. The van der Waals surface area contributed by atoms with Crippen LogP contribution in [0.2, 0.25) is 0 Å². The summed E-state index contributed by atoms with van der Waals surface area (Å²) in [5, 5.41) is 4.84. The van der Waals surface area contributed by atoms with Gasteiger partial charge in [0, 0.05) is 30.7 Å². The van der Waals surface area contributed by atoms with Crippen LogP contribution in [0.4, 0.5) is 0 Å². The summed E-state index contributed by atoms with van der Waals surface area (Å²) in [5.74, 6) is -0.00972. The molecular weight excluding hydrogens is 222 g/mol. The Morgan fingerprint density at radius 3 is 3.06 bits per heavy atom. The number of amides is 1. The van der Waals surface area contributed by atoms with E-state index >= 15 is 0 Å². The minimum atomic E-state index is -0.00972. The molecule has 0 saturated heterocycles. The van der Waals surface area contributed by atoms with Crippen LogP contribution in [0, 0.1) is 0 Å². The highest BCUT2D eigenvalue weighted by Crippen LogP contribution is 2.12. The number of carbonyl (C=O) groups is 1. The Hall–Kier alpha value is -1.13. The molecule has 16 heavy (non-hydrogen) atoms. The molecule has 1 amide bonds. The second-order valence-corrected chi connectivity index (χ2v) is 4.42. The van der Waals surface area contributed by atoms with E-state index in [1.165, 1.54) is 0 Å². The molecule has 88 valence electrons. The van der Waals surface area contributed by atoms with E-state index in [9.17, 15) is 4.79 Å². The van der Waals surface area contributed by atoms with Gasteiger partial charge in [0.1, 0.15) is 0 Å². The van der Waals surface area contributed by atoms with Crippen LogP contribution in [0.3, 0.4) is 0 Å². The van der Waals surface area contributed by atoms with Crippen LogP contribution in [0.25, 0.3) is 6.08 Å². The zero-order chi connectivity index (χ0) is 11.8. The molecule has 3 nitrogen and oxygen atoms in total. The summed E-state index contributed by atoms with van der Waals surface area (Å²) in [6, 6.07) is 3.96. The third-order valence-electron chi connectivity index (χ3n) is 2.07. The van der Waals surface area contributed by atoms with Crippen LogP contribution in [-0.2, 0) is 9.53 Å². The number of hydrogen-bond donors (Lipinski definition) is 1. The number of rotatable bonds is 6. The van der Waals surface area contributed by atoms with E-state index < -0.39 is 0 Å². The van der Waals surface area contributed by atoms with Crippen molar-refractivity contribution in [1.29, 1.82) is 0 Å². The second kappa shape index (κ2) is 7.19. The van der Waals surface area contributed by atoms with Gasteiger partial charge in [-0.3, -0.25) is 4.79 Å². The zero-order valence-corrected chi connectivity index (χ0v) is 10.5. The number of carbonyl (C=O) groups excluding carboxylic acids is 1. The number of hydrogen-bond acceptors (Lipinski definition) is 3. The molecule has 1 heterocycles. The summed E-state index contributed by atoms with van der Waals surface area (Å²) in [7, 11) is 1.66. The summed E-state index contributed by atoms with van der Waals surface area (Å²) in [6.45, 7) is 3.15. The highest BCUT2D eigenvalue weighted by atomic mass is 32.1. The van der Waals surface area contributed by atoms with Gasteiger partial charge in [0.05, 0.1) is 0 Å². The largest absolute Gasteiger partial charge is 0.385 e. The van der Waals surface area contributed by atoms with Crippen LogP contribution in [0.1, 0.15) is 18.2 Å². The predicted octanol–water partition coefficient (Wildman–Crippen LogP) is 2.30. The first-order valence-corrected chi connectivity index (χ1v) is 6.11. The standard InChI is InChI=1S/C12H17NO2S/c1-10(9-11-5-3-8-16-11)12(14)13-6-4-7-15-2/h3,5,8-9H,4,6-7H2,1-2H3,(H,13,14)/b10-9+. The molecule has 0 bridgehead atoms. The molecule has 1 N–H and O–H groups in total. The van der Waals surface area contributed by atoms with Crippen molar-refractivity contribution in [2.45, 2.75) is 13.3 Å². The first-order chi connectivity index (χ1) is 7.74. The van der Waals surface area contributed by atoms with Gasteiger partial charge in [0.15, 0.2) is 0 Å². The van der Waals surface area contributed by atoms with Crippen molar-refractivity contribution in [2.75, 3.05) is 20.3 Å². The van der Waals surface area contributed by atoms with Gasteiger partial charge in [-0.05, 0) is 30.9 Å².